The topological polar surface area (TPSA) is 106 Å². The number of carboxylic acid groups (broad SMARTS) is 1. The Balaban J connectivity index is 1.58. The number of benzene rings is 1. The molecule has 0 radical (unpaired) electrons. The van der Waals surface area contributed by atoms with Crippen molar-refractivity contribution in [3.8, 4) is 0 Å². The second kappa shape index (κ2) is 5.72. The van der Waals surface area contributed by atoms with E-state index >= 15 is 0 Å². The number of aromatic nitrogens is 1. The Morgan fingerprint density at radius 1 is 1.18 bits per heavy atom. The molecule has 0 aliphatic heterocycles. The second-order valence-corrected chi connectivity index (χ2v) is 4.64. The molecule has 7 heteroatoms. The van der Waals surface area contributed by atoms with Crippen LogP contribution in [0.3, 0.4) is 0 Å². The Morgan fingerprint density at radius 3 is 2.73 bits per heavy atom. The first-order valence-corrected chi connectivity index (χ1v) is 6.59. The maximum atomic E-state index is 12.0. The van der Waals surface area contributed by atoms with Crippen LogP contribution in [0.2, 0.25) is 0 Å². The van der Waals surface area contributed by atoms with Crippen molar-refractivity contribution in [2.45, 2.75) is 6.42 Å². The van der Waals surface area contributed by atoms with Crippen LogP contribution in [-0.2, 0) is 6.42 Å². The highest BCUT2D eigenvalue weighted by Gasteiger charge is 2.13. The summed E-state index contributed by atoms with van der Waals surface area (Å²) in [6.45, 7) is 0.293. The Hall–Kier alpha value is -3.09. The monoisotopic (exact) mass is 300 g/mol. The first-order chi connectivity index (χ1) is 10.6. The summed E-state index contributed by atoms with van der Waals surface area (Å²) in [5, 5.41) is 15.9. The molecule has 3 rings (SSSR count). The number of hydrogen-bond donors (Lipinski definition) is 2. The lowest BCUT2D eigenvalue weighted by Gasteiger charge is -2.00. The summed E-state index contributed by atoms with van der Waals surface area (Å²) in [5.74, 6) is -1.51. The number of carboxylic acids is 1. The number of furan rings is 1. The molecule has 0 spiro atoms. The molecule has 0 saturated carbocycles. The van der Waals surface area contributed by atoms with Gasteiger partial charge in [0.25, 0.3) is 5.91 Å². The van der Waals surface area contributed by atoms with Crippen molar-refractivity contribution in [2.24, 2.45) is 0 Å². The van der Waals surface area contributed by atoms with E-state index in [0.717, 1.165) is 5.39 Å². The molecule has 1 amide bonds. The standard InChI is InChI=1S/C15H12N2O5/c18-14(12-7-9-3-1-2-4-11(9)21-12)16-6-5-10-8-13(15(19)20)22-17-10/h1-4,7-8H,5-6H2,(H,16,18)(H,19,20). The van der Waals surface area contributed by atoms with E-state index in [2.05, 4.69) is 15.0 Å². The predicted octanol–water partition coefficient (Wildman–Crippen LogP) is 2.09. The van der Waals surface area contributed by atoms with E-state index in [-0.39, 0.29) is 17.4 Å². The molecule has 1 aromatic carbocycles. The molecule has 22 heavy (non-hydrogen) atoms. The van der Waals surface area contributed by atoms with Crippen LogP contribution < -0.4 is 5.32 Å². The van der Waals surface area contributed by atoms with Gasteiger partial charge in [0.15, 0.2) is 5.76 Å². The van der Waals surface area contributed by atoms with Gasteiger partial charge in [0.05, 0.1) is 5.69 Å². The van der Waals surface area contributed by atoms with Gasteiger partial charge in [0.1, 0.15) is 5.58 Å². The maximum Gasteiger partial charge on any atom is 0.374 e. The molecule has 0 unspecified atom stereocenters. The Kier molecular flexibility index (Phi) is 3.61. The van der Waals surface area contributed by atoms with Crippen molar-refractivity contribution >= 4 is 22.8 Å². The number of fused-ring (bicyclic) bond motifs is 1. The van der Waals surface area contributed by atoms with Crippen LogP contribution in [0.25, 0.3) is 11.0 Å². The molecular formula is C15H12N2O5. The molecule has 0 bridgehead atoms. The van der Waals surface area contributed by atoms with Crippen molar-refractivity contribution in [3.63, 3.8) is 0 Å². The third-order valence-corrected chi connectivity index (χ3v) is 3.09. The van der Waals surface area contributed by atoms with Crippen LogP contribution in [0.5, 0.6) is 0 Å². The van der Waals surface area contributed by atoms with E-state index in [1.54, 1.807) is 12.1 Å². The summed E-state index contributed by atoms with van der Waals surface area (Å²) >= 11 is 0. The SMILES string of the molecule is O=C(O)c1cc(CCNC(=O)c2cc3ccccc3o2)no1. The van der Waals surface area contributed by atoms with Crippen LogP contribution in [-0.4, -0.2) is 28.7 Å². The molecule has 0 fully saturated rings. The molecule has 0 atom stereocenters. The molecular weight excluding hydrogens is 288 g/mol. The third-order valence-electron chi connectivity index (χ3n) is 3.09. The van der Waals surface area contributed by atoms with Gasteiger partial charge < -0.3 is 19.4 Å². The highest BCUT2D eigenvalue weighted by atomic mass is 16.5. The van der Waals surface area contributed by atoms with Crippen LogP contribution in [0.4, 0.5) is 0 Å². The van der Waals surface area contributed by atoms with E-state index in [1.165, 1.54) is 6.07 Å². The number of hydrogen-bond acceptors (Lipinski definition) is 5. The third kappa shape index (κ3) is 2.83. The minimum atomic E-state index is -1.18. The number of carbonyl (C=O) groups excluding carboxylic acids is 1. The van der Waals surface area contributed by atoms with Gasteiger partial charge in [-0.2, -0.15) is 0 Å². The fourth-order valence-corrected chi connectivity index (χ4v) is 2.02. The number of aromatic carboxylic acids is 1. The van der Waals surface area contributed by atoms with Gasteiger partial charge in [-0.15, -0.1) is 0 Å². The van der Waals surface area contributed by atoms with E-state index < -0.39 is 5.97 Å². The Labute approximate surface area is 124 Å². The molecule has 2 N–H and O–H groups in total. The molecule has 0 aliphatic rings. The zero-order chi connectivity index (χ0) is 15.5. The van der Waals surface area contributed by atoms with E-state index in [4.69, 9.17) is 9.52 Å². The van der Waals surface area contributed by atoms with Crippen molar-refractivity contribution in [3.05, 3.63) is 53.6 Å². The van der Waals surface area contributed by atoms with Gasteiger partial charge in [-0.25, -0.2) is 4.79 Å². The number of para-hydroxylation sites is 1. The molecule has 3 aromatic rings. The quantitative estimate of drug-likeness (QED) is 0.747. The summed E-state index contributed by atoms with van der Waals surface area (Å²) in [4.78, 5) is 22.6. The minimum absolute atomic E-state index is 0.224. The van der Waals surface area contributed by atoms with E-state index in [1.807, 2.05) is 18.2 Å². The van der Waals surface area contributed by atoms with E-state index in [9.17, 15) is 9.59 Å². The fraction of sp³-hybridized carbons (Fsp3) is 0.133. The minimum Gasteiger partial charge on any atom is -0.475 e. The lowest BCUT2D eigenvalue weighted by molar-refractivity contribution is 0.0651. The number of rotatable bonds is 5. The zero-order valence-electron chi connectivity index (χ0n) is 11.4. The van der Waals surface area contributed by atoms with Crippen molar-refractivity contribution in [1.29, 1.82) is 0 Å². The summed E-state index contributed by atoms with van der Waals surface area (Å²) in [6, 6.07) is 10.3. The van der Waals surface area contributed by atoms with Crippen molar-refractivity contribution in [1.82, 2.24) is 10.5 Å². The number of carbonyl (C=O) groups is 2. The second-order valence-electron chi connectivity index (χ2n) is 4.64. The first kappa shape index (κ1) is 13.9. The van der Waals surface area contributed by atoms with Gasteiger partial charge in [-0.3, -0.25) is 4.79 Å². The molecule has 112 valence electrons. The van der Waals surface area contributed by atoms with Gasteiger partial charge in [0, 0.05) is 24.4 Å². The Morgan fingerprint density at radius 2 is 2.00 bits per heavy atom. The number of nitrogens with zero attached hydrogens (tertiary/aromatic N) is 1. The van der Waals surface area contributed by atoms with Crippen LogP contribution in [0.1, 0.15) is 26.8 Å². The predicted molar refractivity (Wildman–Crippen MR) is 75.7 cm³/mol. The fourth-order valence-electron chi connectivity index (χ4n) is 2.02. The summed E-state index contributed by atoms with van der Waals surface area (Å²) < 4.78 is 10.1. The number of nitrogens with one attached hydrogen (secondary N) is 1. The van der Waals surface area contributed by atoms with Crippen LogP contribution in [0, 0.1) is 0 Å². The maximum absolute atomic E-state index is 12.0. The largest absolute Gasteiger partial charge is 0.475 e. The normalized spacial score (nSPS) is 10.7. The van der Waals surface area contributed by atoms with Gasteiger partial charge in [-0.1, -0.05) is 23.4 Å². The highest BCUT2D eigenvalue weighted by Crippen LogP contribution is 2.18. The summed E-state index contributed by atoms with van der Waals surface area (Å²) in [7, 11) is 0. The van der Waals surface area contributed by atoms with Gasteiger partial charge in [0.2, 0.25) is 5.76 Å². The summed E-state index contributed by atoms with van der Waals surface area (Å²) in [6.07, 6.45) is 0.364. The molecule has 7 nitrogen and oxygen atoms in total. The smallest absolute Gasteiger partial charge is 0.374 e. The van der Waals surface area contributed by atoms with E-state index in [0.29, 0.717) is 24.2 Å². The van der Waals surface area contributed by atoms with Gasteiger partial charge in [-0.05, 0) is 12.1 Å². The van der Waals surface area contributed by atoms with Crippen LogP contribution in [0.15, 0.2) is 45.3 Å². The molecule has 0 saturated heterocycles. The highest BCUT2D eigenvalue weighted by molar-refractivity contribution is 5.96. The Bertz CT molecular complexity index is 800. The summed E-state index contributed by atoms with van der Waals surface area (Å²) in [5.41, 5.74) is 1.11. The van der Waals surface area contributed by atoms with Crippen molar-refractivity contribution < 1.29 is 23.6 Å². The average molecular weight is 300 g/mol. The lowest BCUT2D eigenvalue weighted by Crippen LogP contribution is -2.25. The van der Waals surface area contributed by atoms with Crippen molar-refractivity contribution in [2.75, 3.05) is 6.54 Å². The van der Waals surface area contributed by atoms with Gasteiger partial charge >= 0.3 is 5.97 Å². The first-order valence-electron chi connectivity index (χ1n) is 6.59. The molecule has 2 aromatic heterocycles. The molecule has 2 heterocycles. The zero-order valence-corrected chi connectivity index (χ0v) is 11.4. The lowest BCUT2D eigenvalue weighted by atomic mass is 10.2. The molecule has 0 aliphatic carbocycles. The number of amides is 1. The van der Waals surface area contributed by atoms with Crippen LogP contribution >= 0.6 is 0 Å². The average Bonchev–Trinajstić information content (AvgIpc) is 3.13.